The Morgan fingerprint density at radius 2 is 2.05 bits per heavy atom. The molecule has 1 aliphatic rings. The van der Waals surface area contributed by atoms with Crippen LogP contribution in [-0.4, -0.2) is 26.9 Å². The van der Waals surface area contributed by atoms with Crippen LogP contribution in [0.15, 0.2) is 23.1 Å². The smallest absolute Gasteiger partial charge is 0.289 e. The molecule has 1 fully saturated rings. The van der Waals surface area contributed by atoms with Crippen LogP contribution in [-0.2, 0) is 10.0 Å². The third kappa shape index (κ3) is 3.33. The van der Waals surface area contributed by atoms with Crippen molar-refractivity contribution in [2.75, 3.05) is 18.9 Å². The molecule has 0 saturated heterocycles. The van der Waals surface area contributed by atoms with Gasteiger partial charge in [0, 0.05) is 25.3 Å². The summed E-state index contributed by atoms with van der Waals surface area (Å²) in [5, 5.41) is 13.8. The highest BCUT2D eigenvalue weighted by atomic mass is 32.2. The number of sulfonamides is 1. The van der Waals surface area contributed by atoms with Crippen LogP contribution in [0.4, 0.5) is 11.4 Å². The third-order valence-corrected chi connectivity index (χ3v) is 5.41. The molecule has 0 radical (unpaired) electrons. The molecule has 0 amide bonds. The molecule has 1 saturated carbocycles. The zero-order chi connectivity index (χ0) is 15.7. The summed E-state index contributed by atoms with van der Waals surface area (Å²) >= 11 is 0. The van der Waals surface area contributed by atoms with E-state index < -0.39 is 20.6 Å². The van der Waals surface area contributed by atoms with Crippen LogP contribution < -0.4 is 10.0 Å². The highest BCUT2D eigenvalue weighted by Crippen LogP contribution is 2.40. The van der Waals surface area contributed by atoms with E-state index in [1.807, 2.05) is 6.92 Å². The SMILES string of the molecule is CNc1ccc([N+](=O)[O-])c(S(=O)(=O)NCC2(C)CCC2)c1. The molecule has 1 aliphatic carbocycles. The maximum absolute atomic E-state index is 12.4. The Labute approximate surface area is 123 Å². The summed E-state index contributed by atoms with van der Waals surface area (Å²) in [5.74, 6) is 0. The van der Waals surface area contributed by atoms with Crippen molar-refractivity contribution < 1.29 is 13.3 Å². The topological polar surface area (TPSA) is 101 Å². The van der Waals surface area contributed by atoms with E-state index in [0.29, 0.717) is 12.2 Å². The molecule has 2 N–H and O–H groups in total. The van der Waals surface area contributed by atoms with Crippen molar-refractivity contribution in [2.45, 2.75) is 31.1 Å². The summed E-state index contributed by atoms with van der Waals surface area (Å²) in [4.78, 5) is 10.0. The lowest BCUT2D eigenvalue weighted by molar-refractivity contribution is -0.387. The number of rotatable bonds is 6. The van der Waals surface area contributed by atoms with Gasteiger partial charge in [-0.1, -0.05) is 13.3 Å². The van der Waals surface area contributed by atoms with Gasteiger partial charge in [-0.2, -0.15) is 0 Å². The lowest BCUT2D eigenvalue weighted by Gasteiger charge is -2.38. The first-order valence-electron chi connectivity index (χ1n) is 6.73. The number of anilines is 1. The average Bonchev–Trinajstić information content (AvgIpc) is 2.42. The van der Waals surface area contributed by atoms with E-state index in [1.54, 1.807) is 7.05 Å². The molecule has 0 atom stereocenters. The second-order valence-corrected chi connectivity index (χ2v) is 7.41. The molecule has 0 aliphatic heterocycles. The number of benzene rings is 1. The Bertz CT molecular complexity index is 653. The predicted molar refractivity (Wildman–Crippen MR) is 79.8 cm³/mol. The quantitative estimate of drug-likeness (QED) is 0.618. The van der Waals surface area contributed by atoms with Crippen molar-refractivity contribution in [1.82, 2.24) is 4.72 Å². The van der Waals surface area contributed by atoms with Crippen LogP contribution in [0.25, 0.3) is 0 Å². The summed E-state index contributed by atoms with van der Waals surface area (Å²) in [7, 11) is -2.28. The molecule has 2 rings (SSSR count). The molecule has 0 unspecified atom stereocenters. The van der Waals surface area contributed by atoms with Crippen molar-refractivity contribution in [1.29, 1.82) is 0 Å². The Morgan fingerprint density at radius 1 is 1.38 bits per heavy atom. The molecule has 0 heterocycles. The van der Waals surface area contributed by atoms with E-state index in [4.69, 9.17) is 0 Å². The van der Waals surface area contributed by atoms with Crippen molar-refractivity contribution in [3.8, 4) is 0 Å². The normalized spacial score (nSPS) is 17.0. The average molecular weight is 313 g/mol. The molecule has 0 bridgehead atoms. The van der Waals surface area contributed by atoms with Gasteiger partial charge in [-0.15, -0.1) is 0 Å². The van der Waals surface area contributed by atoms with Gasteiger partial charge in [-0.25, -0.2) is 13.1 Å². The Kier molecular flexibility index (Phi) is 4.20. The summed E-state index contributed by atoms with van der Waals surface area (Å²) in [6.45, 7) is 2.31. The molecule has 1 aromatic rings. The number of nitro benzene ring substituents is 1. The van der Waals surface area contributed by atoms with Gasteiger partial charge in [0.15, 0.2) is 4.90 Å². The lowest BCUT2D eigenvalue weighted by atomic mass is 9.71. The third-order valence-electron chi connectivity index (χ3n) is 3.98. The van der Waals surface area contributed by atoms with Crippen LogP contribution in [0.3, 0.4) is 0 Å². The molecule has 21 heavy (non-hydrogen) atoms. The number of hydrogen-bond acceptors (Lipinski definition) is 5. The van der Waals surface area contributed by atoms with Gasteiger partial charge in [-0.3, -0.25) is 10.1 Å². The van der Waals surface area contributed by atoms with Gasteiger partial charge in [0.1, 0.15) is 0 Å². The second-order valence-electron chi connectivity index (χ2n) is 5.68. The first-order chi connectivity index (χ1) is 9.77. The van der Waals surface area contributed by atoms with Crippen LogP contribution in [0, 0.1) is 15.5 Å². The Hall–Kier alpha value is -1.67. The minimum absolute atomic E-state index is 0.0392. The zero-order valence-electron chi connectivity index (χ0n) is 12.0. The molecule has 7 nitrogen and oxygen atoms in total. The van der Waals surface area contributed by atoms with Gasteiger partial charge >= 0.3 is 0 Å². The Morgan fingerprint density at radius 3 is 2.52 bits per heavy atom. The minimum atomic E-state index is -3.91. The second kappa shape index (κ2) is 5.61. The number of nitrogens with one attached hydrogen (secondary N) is 2. The first-order valence-corrected chi connectivity index (χ1v) is 8.22. The molecular formula is C13H19N3O4S. The van der Waals surface area contributed by atoms with E-state index in [0.717, 1.165) is 19.3 Å². The standard InChI is InChI=1S/C13H19N3O4S/c1-13(6-3-7-13)9-15-21(19,20)12-8-10(14-2)4-5-11(12)16(17)18/h4-5,8,14-15H,3,6-7,9H2,1-2H3. The van der Waals surface area contributed by atoms with E-state index >= 15 is 0 Å². The molecule has 1 aromatic carbocycles. The largest absolute Gasteiger partial charge is 0.388 e. The van der Waals surface area contributed by atoms with Gasteiger partial charge in [-0.05, 0) is 30.4 Å². The number of nitrogens with zero attached hydrogens (tertiary/aromatic N) is 1. The summed E-state index contributed by atoms with van der Waals surface area (Å²) in [6.07, 6.45) is 3.02. The monoisotopic (exact) mass is 313 g/mol. The molecular weight excluding hydrogens is 294 g/mol. The highest BCUT2D eigenvalue weighted by Gasteiger charge is 2.34. The van der Waals surface area contributed by atoms with Crippen molar-refractivity contribution in [3.05, 3.63) is 28.3 Å². The van der Waals surface area contributed by atoms with Crippen molar-refractivity contribution >= 4 is 21.4 Å². The molecule has 0 spiro atoms. The van der Waals surface area contributed by atoms with Crippen LogP contribution >= 0.6 is 0 Å². The van der Waals surface area contributed by atoms with E-state index in [9.17, 15) is 18.5 Å². The fraction of sp³-hybridized carbons (Fsp3) is 0.538. The maximum Gasteiger partial charge on any atom is 0.289 e. The van der Waals surface area contributed by atoms with Crippen LogP contribution in [0.1, 0.15) is 26.2 Å². The van der Waals surface area contributed by atoms with Gasteiger partial charge < -0.3 is 5.32 Å². The van der Waals surface area contributed by atoms with E-state index in [1.165, 1.54) is 18.2 Å². The number of nitro groups is 1. The fourth-order valence-corrected chi connectivity index (χ4v) is 3.73. The van der Waals surface area contributed by atoms with E-state index in [2.05, 4.69) is 10.0 Å². The fourth-order valence-electron chi connectivity index (χ4n) is 2.34. The van der Waals surface area contributed by atoms with Crippen LogP contribution in [0.2, 0.25) is 0 Å². The molecule has 8 heteroatoms. The minimum Gasteiger partial charge on any atom is -0.388 e. The maximum atomic E-state index is 12.4. The lowest BCUT2D eigenvalue weighted by Crippen LogP contribution is -2.40. The van der Waals surface area contributed by atoms with Gasteiger partial charge in [0.25, 0.3) is 5.69 Å². The number of hydrogen-bond donors (Lipinski definition) is 2. The van der Waals surface area contributed by atoms with Gasteiger partial charge in [0.05, 0.1) is 4.92 Å². The van der Waals surface area contributed by atoms with Gasteiger partial charge in [0.2, 0.25) is 10.0 Å². The van der Waals surface area contributed by atoms with Crippen molar-refractivity contribution in [2.24, 2.45) is 5.41 Å². The first kappa shape index (κ1) is 15.7. The zero-order valence-corrected chi connectivity index (χ0v) is 12.9. The summed E-state index contributed by atoms with van der Waals surface area (Å²) in [5.41, 5.74) is 0.0544. The molecule has 0 aromatic heterocycles. The van der Waals surface area contributed by atoms with E-state index in [-0.39, 0.29) is 10.3 Å². The highest BCUT2D eigenvalue weighted by molar-refractivity contribution is 7.89. The van der Waals surface area contributed by atoms with Crippen molar-refractivity contribution in [3.63, 3.8) is 0 Å². The molecule has 116 valence electrons. The predicted octanol–water partition coefficient (Wildman–Crippen LogP) is 2.10. The Balaban J connectivity index is 2.31. The van der Waals surface area contributed by atoms with Crippen LogP contribution in [0.5, 0.6) is 0 Å². The summed E-state index contributed by atoms with van der Waals surface area (Å²) in [6, 6.07) is 3.96. The summed E-state index contributed by atoms with van der Waals surface area (Å²) < 4.78 is 27.2.